The number of benzene rings is 2. The topological polar surface area (TPSA) is 104 Å². The largest absolute Gasteiger partial charge is 0.493 e. The minimum atomic E-state index is -0.787. The van der Waals surface area contributed by atoms with Gasteiger partial charge in [-0.1, -0.05) is 18.2 Å². The van der Waals surface area contributed by atoms with Crippen LogP contribution in [0.1, 0.15) is 5.56 Å². The summed E-state index contributed by atoms with van der Waals surface area (Å²) in [5.74, 6) is 1.46. The van der Waals surface area contributed by atoms with Gasteiger partial charge in [-0.3, -0.25) is 4.79 Å². The number of nitrogens with two attached hydrogens (primary N) is 1. The van der Waals surface area contributed by atoms with Gasteiger partial charge in [0, 0.05) is 0 Å². The fourth-order valence-electron chi connectivity index (χ4n) is 2.26. The second-order valence-corrected chi connectivity index (χ2v) is 5.29. The SMILES string of the molecule is COc1ccccc1OCCOc1ccc(/C=C(\C#N)C(N)=O)cc1OC. The molecule has 0 saturated carbocycles. The molecule has 0 fully saturated rings. The summed E-state index contributed by atoms with van der Waals surface area (Å²) in [6, 6.07) is 14.1. The van der Waals surface area contributed by atoms with Crippen molar-refractivity contribution in [3.8, 4) is 29.1 Å². The lowest BCUT2D eigenvalue weighted by molar-refractivity contribution is -0.114. The molecule has 1 amide bonds. The first-order valence-electron chi connectivity index (χ1n) is 8.07. The van der Waals surface area contributed by atoms with E-state index < -0.39 is 5.91 Å². The number of carbonyl (C=O) groups is 1. The van der Waals surface area contributed by atoms with Crippen LogP contribution in [-0.2, 0) is 4.79 Å². The third-order valence-electron chi connectivity index (χ3n) is 3.55. The molecule has 0 radical (unpaired) electrons. The number of primary amides is 1. The number of carbonyl (C=O) groups excluding carboxylic acids is 1. The molecule has 0 saturated heterocycles. The molecular weight excluding hydrogens is 348 g/mol. The molecule has 2 N–H and O–H groups in total. The first kappa shape index (κ1) is 19.7. The zero-order chi connectivity index (χ0) is 19.6. The van der Waals surface area contributed by atoms with Crippen molar-refractivity contribution in [3.63, 3.8) is 0 Å². The minimum Gasteiger partial charge on any atom is -0.493 e. The molecule has 0 aromatic heterocycles. The maximum absolute atomic E-state index is 11.1. The van der Waals surface area contributed by atoms with Crippen molar-refractivity contribution < 1.29 is 23.7 Å². The van der Waals surface area contributed by atoms with Crippen molar-refractivity contribution in [2.45, 2.75) is 0 Å². The summed E-state index contributed by atoms with van der Waals surface area (Å²) in [5, 5.41) is 8.92. The van der Waals surface area contributed by atoms with E-state index in [1.54, 1.807) is 31.4 Å². The minimum absolute atomic E-state index is 0.143. The Morgan fingerprint density at radius 2 is 1.59 bits per heavy atom. The first-order valence-corrected chi connectivity index (χ1v) is 8.07. The van der Waals surface area contributed by atoms with Crippen LogP contribution in [0, 0.1) is 11.3 Å². The van der Waals surface area contributed by atoms with Crippen LogP contribution in [0.15, 0.2) is 48.0 Å². The molecule has 0 unspecified atom stereocenters. The standard InChI is InChI=1S/C20H20N2O5/c1-24-16-5-3-4-6-17(16)26-9-10-27-18-8-7-14(12-19(18)25-2)11-15(13-21)20(22)23/h3-8,11-12H,9-10H2,1-2H3,(H2,22,23)/b15-11+. The Morgan fingerprint density at radius 1 is 1.00 bits per heavy atom. The van der Waals surface area contributed by atoms with Crippen LogP contribution >= 0.6 is 0 Å². The van der Waals surface area contributed by atoms with Gasteiger partial charge in [-0.2, -0.15) is 5.26 Å². The van der Waals surface area contributed by atoms with Gasteiger partial charge in [0.1, 0.15) is 24.9 Å². The van der Waals surface area contributed by atoms with Crippen molar-refractivity contribution in [1.29, 1.82) is 5.26 Å². The number of rotatable bonds is 9. The van der Waals surface area contributed by atoms with Crippen molar-refractivity contribution in [3.05, 3.63) is 53.6 Å². The number of hydrogen-bond donors (Lipinski definition) is 1. The smallest absolute Gasteiger partial charge is 0.259 e. The number of hydrogen-bond acceptors (Lipinski definition) is 6. The molecule has 27 heavy (non-hydrogen) atoms. The summed E-state index contributed by atoms with van der Waals surface area (Å²) in [7, 11) is 3.08. The van der Waals surface area contributed by atoms with Gasteiger partial charge in [0.05, 0.1) is 14.2 Å². The van der Waals surface area contributed by atoms with Crippen molar-refractivity contribution in [2.24, 2.45) is 5.73 Å². The molecule has 0 spiro atoms. The van der Waals surface area contributed by atoms with E-state index in [0.717, 1.165) is 0 Å². The maximum Gasteiger partial charge on any atom is 0.259 e. The van der Waals surface area contributed by atoms with Crippen LogP contribution in [0.25, 0.3) is 6.08 Å². The Labute approximate surface area is 157 Å². The number of amides is 1. The zero-order valence-corrected chi connectivity index (χ0v) is 15.1. The fraction of sp³-hybridized carbons (Fsp3) is 0.200. The second kappa shape index (κ2) is 9.73. The normalized spacial score (nSPS) is 10.6. The number of ether oxygens (including phenoxy) is 4. The van der Waals surface area contributed by atoms with Gasteiger partial charge >= 0.3 is 0 Å². The number of nitriles is 1. The average molecular weight is 368 g/mol. The quantitative estimate of drug-likeness (QED) is 0.414. The lowest BCUT2D eigenvalue weighted by atomic mass is 10.1. The Hall–Kier alpha value is -3.66. The molecule has 140 valence electrons. The lowest BCUT2D eigenvalue weighted by Gasteiger charge is -2.13. The zero-order valence-electron chi connectivity index (χ0n) is 15.1. The molecular formula is C20H20N2O5. The van der Waals surface area contributed by atoms with E-state index in [0.29, 0.717) is 35.2 Å². The Kier molecular flexibility index (Phi) is 7.08. The highest BCUT2D eigenvalue weighted by atomic mass is 16.5. The van der Waals surface area contributed by atoms with Gasteiger partial charge in [0.15, 0.2) is 23.0 Å². The third kappa shape index (κ3) is 5.41. The summed E-state index contributed by atoms with van der Waals surface area (Å²) in [6.45, 7) is 0.597. The average Bonchev–Trinajstić information content (AvgIpc) is 2.69. The highest BCUT2D eigenvalue weighted by Crippen LogP contribution is 2.29. The Bertz CT molecular complexity index is 871. The van der Waals surface area contributed by atoms with Gasteiger partial charge in [-0.25, -0.2) is 0 Å². The Morgan fingerprint density at radius 3 is 2.15 bits per heavy atom. The molecule has 0 aliphatic rings. The monoisotopic (exact) mass is 368 g/mol. The van der Waals surface area contributed by atoms with E-state index in [9.17, 15) is 4.79 Å². The molecule has 0 bridgehead atoms. The van der Waals surface area contributed by atoms with Gasteiger partial charge < -0.3 is 24.7 Å². The number of nitrogens with zero attached hydrogens (tertiary/aromatic N) is 1. The van der Waals surface area contributed by atoms with Crippen LogP contribution in [0.3, 0.4) is 0 Å². The molecule has 2 aromatic carbocycles. The summed E-state index contributed by atoms with van der Waals surface area (Å²) < 4.78 is 21.9. The van der Waals surface area contributed by atoms with E-state index in [2.05, 4.69) is 0 Å². The number of methoxy groups -OCH3 is 2. The first-order chi connectivity index (χ1) is 13.1. The molecule has 0 aliphatic carbocycles. The van der Waals surface area contributed by atoms with Crippen LogP contribution in [0.2, 0.25) is 0 Å². The van der Waals surface area contributed by atoms with Gasteiger partial charge in [-0.05, 0) is 35.9 Å². The molecule has 0 aliphatic heterocycles. The molecule has 2 aromatic rings. The number of para-hydroxylation sites is 2. The van der Waals surface area contributed by atoms with Crippen molar-refractivity contribution >= 4 is 12.0 Å². The molecule has 7 nitrogen and oxygen atoms in total. The van der Waals surface area contributed by atoms with Gasteiger partial charge in [0.2, 0.25) is 0 Å². The highest BCUT2D eigenvalue weighted by molar-refractivity contribution is 6.00. The van der Waals surface area contributed by atoms with Crippen LogP contribution in [0.4, 0.5) is 0 Å². The summed E-state index contributed by atoms with van der Waals surface area (Å²) in [6.07, 6.45) is 1.39. The van der Waals surface area contributed by atoms with E-state index in [1.807, 2.05) is 24.3 Å². The summed E-state index contributed by atoms with van der Waals surface area (Å²) >= 11 is 0. The second-order valence-electron chi connectivity index (χ2n) is 5.29. The summed E-state index contributed by atoms with van der Waals surface area (Å²) in [5.41, 5.74) is 5.59. The summed E-state index contributed by atoms with van der Waals surface area (Å²) in [4.78, 5) is 11.1. The predicted octanol–water partition coefficient (Wildman–Crippen LogP) is 2.55. The fourth-order valence-corrected chi connectivity index (χ4v) is 2.26. The van der Waals surface area contributed by atoms with Crippen LogP contribution in [-0.4, -0.2) is 33.3 Å². The van der Waals surface area contributed by atoms with Crippen LogP contribution < -0.4 is 24.7 Å². The van der Waals surface area contributed by atoms with Crippen molar-refractivity contribution in [1.82, 2.24) is 0 Å². The molecule has 7 heteroatoms. The van der Waals surface area contributed by atoms with Crippen molar-refractivity contribution in [2.75, 3.05) is 27.4 Å². The maximum atomic E-state index is 11.1. The van der Waals surface area contributed by atoms with E-state index in [-0.39, 0.29) is 12.2 Å². The van der Waals surface area contributed by atoms with Gasteiger partial charge in [-0.15, -0.1) is 0 Å². The predicted molar refractivity (Wildman–Crippen MR) is 99.8 cm³/mol. The van der Waals surface area contributed by atoms with Crippen LogP contribution in [0.5, 0.6) is 23.0 Å². The molecule has 0 atom stereocenters. The molecule has 2 rings (SSSR count). The van der Waals surface area contributed by atoms with Gasteiger partial charge in [0.25, 0.3) is 5.91 Å². The Balaban J connectivity index is 2.00. The van der Waals surface area contributed by atoms with E-state index in [1.165, 1.54) is 13.2 Å². The lowest BCUT2D eigenvalue weighted by Crippen LogP contribution is -2.12. The highest BCUT2D eigenvalue weighted by Gasteiger charge is 2.08. The third-order valence-corrected chi connectivity index (χ3v) is 3.55. The van der Waals surface area contributed by atoms with E-state index >= 15 is 0 Å². The molecule has 0 heterocycles. The van der Waals surface area contributed by atoms with E-state index in [4.69, 9.17) is 29.9 Å².